The Hall–Kier alpha value is -2.14. The fraction of sp³-hybridized carbons (Fsp3) is 0.333. The number of likely N-dealkylation sites (tertiary alicyclic amines) is 1. The highest BCUT2D eigenvalue weighted by Gasteiger charge is 2.25. The van der Waals surface area contributed by atoms with Crippen molar-refractivity contribution in [2.45, 2.75) is 18.9 Å². The van der Waals surface area contributed by atoms with Crippen LogP contribution in [-0.4, -0.2) is 39.3 Å². The Balaban J connectivity index is 1.69. The van der Waals surface area contributed by atoms with E-state index < -0.39 is 5.97 Å². The molecule has 5 heteroatoms. The van der Waals surface area contributed by atoms with Gasteiger partial charge >= 0.3 is 5.97 Å². The predicted molar refractivity (Wildman–Crippen MR) is 74.6 cm³/mol. The molecule has 0 bridgehead atoms. The average molecular weight is 271 g/mol. The maximum Gasteiger partial charge on any atom is 0.336 e. The lowest BCUT2D eigenvalue weighted by Gasteiger charge is -2.17. The number of nitrogens with one attached hydrogen (secondary N) is 1. The van der Waals surface area contributed by atoms with Gasteiger partial charge in [-0.1, -0.05) is 18.2 Å². The van der Waals surface area contributed by atoms with E-state index in [9.17, 15) is 9.90 Å². The molecule has 0 amide bonds. The van der Waals surface area contributed by atoms with E-state index in [-0.39, 0.29) is 0 Å². The first-order chi connectivity index (χ1) is 9.74. The molecule has 3 rings (SSSR count). The van der Waals surface area contributed by atoms with E-state index in [0.29, 0.717) is 18.0 Å². The molecule has 1 fully saturated rings. The van der Waals surface area contributed by atoms with E-state index in [1.807, 2.05) is 18.2 Å². The first kappa shape index (κ1) is 12.9. The van der Waals surface area contributed by atoms with Gasteiger partial charge in [-0.25, -0.2) is 4.79 Å². The first-order valence-corrected chi connectivity index (χ1v) is 6.77. The average Bonchev–Trinajstić information content (AvgIpc) is 3.09. The zero-order valence-electron chi connectivity index (χ0n) is 11.1. The molecule has 2 heterocycles. The third-order valence-electron chi connectivity index (χ3n) is 3.88. The number of aromatic nitrogens is 2. The monoisotopic (exact) mass is 271 g/mol. The van der Waals surface area contributed by atoms with Gasteiger partial charge in [-0.15, -0.1) is 0 Å². The molecule has 1 saturated heterocycles. The van der Waals surface area contributed by atoms with E-state index in [2.05, 4.69) is 15.1 Å². The molecule has 0 radical (unpaired) electrons. The minimum absolute atomic E-state index is 0.400. The van der Waals surface area contributed by atoms with Crippen molar-refractivity contribution in [1.29, 1.82) is 0 Å². The van der Waals surface area contributed by atoms with Crippen molar-refractivity contribution in [3.63, 3.8) is 0 Å². The Bertz CT molecular complexity index is 595. The molecule has 0 saturated carbocycles. The maximum absolute atomic E-state index is 11.2. The van der Waals surface area contributed by atoms with Crippen molar-refractivity contribution < 1.29 is 9.90 Å². The minimum Gasteiger partial charge on any atom is -0.478 e. The summed E-state index contributed by atoms with van der Waals surface area (Å²) in [7, 11) is 0. The summed E-state index contributed by atoms with van der Waals surface area (Å²) in [6.07, 6.45) is 2.86. The molecule has 20 heavy (non-hydrogen) atoms. The largest absolute Gasteiger partial charge is 0.478 e. The molecular formula is C15H17N3O2. The topological polar surface area (TPSA) is 69.2 Å². The summed E-state index contributed by atoms with van der Waals surface area (Å²) in [6, 6.07) is 9.24. The third-order valence-corrected chi connectivity index (χ3v) is 3.88. The quantitative estimate of drug-likeness (QED) is 0.893. The van der Waals surface area contributed by atoms with Gasteiger partial charge in [0.05, 0.1) is 5.56 Å². The summed E-state index contributed by atoms with van der Waals surface area (Å²) in [5.41, 5.74) is 2.45. The summed E-state index contributed by atoms with van der Waals surface area (Å²) in [4.78, 5) is 13.5. The van der Waals surface area contributed by atoms with Crippen molar-refractivity contribution in [2.24, 2.45) is 0 Å². The van der Waals surface area contributed by atoms with E-state index in [1.165, 1.54) is 5.69 Å². The van der Waals surface area contributed by atoms with Crippen LogP contribution in [0.1, 0.15) is 34.0 Å². The highest BCUT2D eigenvalue weighted by atomic mass is 16.4. The molecule has 1 aromatic heterocycles. The van der Waals surface area contributed by atoms with Crippen LogP contribution in [0.15, 0.2) is 36.5 Å². The smallest absolute Gasteiger partial charge is 0.336 e. The second kappa shape index (κ2) is 5.46. The number of carboxylic acid groups (broad SMARTS) is 1. The standard InChI is InChI=1S/C15H17N3O2/c19-15(20)13-4-2-1-3-11(13)9-18-8-6-12(10-18)14-5-7-16-17-14/h1-5,7,12H,6,8-10H2,(H,16,17)(H,19,20)/t12-/m0/s1. The highest BCUT2D eigenvalue weighted by molar-refractivity contribution is 5.89. The van der Waals surface area contributed by atoms with Gasteiger partial charge in [-0.2, -0.15) is 5.10 Å². The van der Waals surface area contributed by atoms with Gasteiger partial charge in [0, 0.05) is 30.9 Å². The number of aromatic carboxylic acids is 1. The molecule has 1 atom stereocenters. The second-order valence-corrected chi connectivity index (χ2v) is 5.19. The lowest BCUT2D eigenvalue weighted by molar-refractivity contribution is 0.0694. The molecule has 0 spiro atoms. The fourth-order valence-corrected chi connectivity index (χ4v) is 2.83. The first-order valence-electron chi connectivity index (χ1n) is 6.77. The van der Waals surface area contributed by atoms with Crippen LogP contribution in [-0.2, 0) is 6.54 Å². The summed E-state index contributed by atoms with van der Waals surface area (Å²) < 4.78 is 0. The van der Waals surface area contributed by atoms with Crippen LogP contribution in [0.5, 0.6) is 0 Å². The molecule has 5 nitrogen and oxygen atoms in total. The minimum atomic E-state index is -0.857. The van der Waals surface area contributed by atoms with E-state index in [1.54, 1.807) is 18.3 Å². The molecule has 1 aromatic carbocycles. The van der Waals surface area contributed by atoms with E-state index in [0.717, 1.165) is 25.1 Å². The highest BCUT2D eigenvalue weighted by Crippen LogP contribution is 2.27. The molecule has 0 aliphatic carbocycles. The van der Waals surface area contributed by atoms with Gasteiger partial charge < -0.3 is 5.11 Å². The molecule has 2 N–H and O–H groups in total. The zero-order valence-corrected chi connectivity index (χ0v) is 11.1. The molecule has 104 valence electrons. The number of hydrogen-bond donors (Lipinski definition) is 2. The van der Waals surface area contributed by atoms with Crippen LogP contribution >= 0.6 is 0 Å². The molecule has 1 aliphatic rings. The number of rotatable bonds is 4. The van der Waals surface area contributed by atoms with Crippen LogP contribution in [0, 0.1) is 0 Å². The van der Waals surface area contributed by atoms with Gasteiger partial charge in [-0.3, -0.25) is 10.00 Å². The summed E-state index contributed by atoms with van der Waals surface area (Å²) in [6.45, 7) is 2.61. The second-order valence-electron chi connectivity index (χ2n) is 5.19. The van der Waals surface area contributed by atoms with Gasteiger partial charge in [0.25, 0.3) is 0 Å². The van der Waals surface area contributed by atoms with Crippen LogP contribution in [0.25, 0.3) is 0 Å². The van der Waals surface area contributed by atoms with Crippen molar-refractivity contribution >= 4 is 5.97 Å². The van der Waals surface area contributed by atoms with Crippen LogP contribution in [0.3, 0.4) is 0 Å². The SMILES string of the molecule is O=C(O)c1ccccc1CN1CC[C@H](c2ccn[nH]2)C1. The number of nitrogens with zero attached hydrogens (tertiary/aromatic N) is 2. The van der Waals surface area contributed by atoms with Crippen LogP contribution in [0.4, 0.5) is 0 Å². The number of carbonyl (C=O) groups is 1. The van der Waals surface area contributed by atoms with Crippen molar-refractivity contribution in [1.82, 2.24) is 15.1 Å². The third kappa shape index (κ3) is 2.58. The fourth-order valence-electron chi connectivity index (χ4n) is 2.83. The summed E-state index contributed by atoms with van der Waals surface area (Å²) >= 11 is 0. The van der Waals surface area contributed by atoms with Gasteiger partial charge in [0.1, 0.15) is 0 Å². The number of H-pyrrole nitrogens is 1. The Kier molecular flexibility index (Phi) is 3.52. The van der Waals surface area contributed by atoms with Crippen LogP contribution in [0.2, 0.25) is 0 Å². The summed E-state index contributed by atoms with van der Waals surface area (Å²) in [5, 5.41) is 16.2. The molecule has 1 aliphatic heterocycles. The zero-order chi connectivity index (χ0) is 13.9. The number of aromatic amines is 1. The normalized spacial score (nSPS) is 19.3. The Labute approximate surface area is 117 Å². The Morgan fingerprint density at radius 3 is 3.00 bits per heavy atom. The predicted octanol–water partition coefficient (Wildman–Crippen LogP) is 2.10. The van der Waals surface area contributed by atoms with Gasteiger partial charge in [0.15, 0.2) is 0 Å². The Morgan fingerprint density at radius 2 is 2.25 bits per heavy atom. The number of hydrogen-bond acceptors (Lipinski definition) is 3. The van der Waals surface area contributed by atoms with Crippen LogP contribution < -0.4 is 0 Å². The van der Waals surface area contributed by atoms with Gasteiger partial charge in [0.2, 0.25) is 0 Å². The van der Waals surface area contributed by atoms with Crippen molar-refractivity contribution in [2.75, 3.05) is 13.1 Å². The molecule has 0 unspecified atom stereocenters. The Morgan fingerprint density at radius 1 is 1.40 bits per heavy atom. The van der Waals surface area contributed by atoms with Crippen molar-refractivity contribution in [3.8, 4) is 0 Å². The summed E-state index contributed by atoms with van der Waals surface area (Å²) in [5.74, 6) is -0.389. The number of carboxylic acids is 1. The maximum atomic E-state index is 11.2. The lowest BCUT2D eigenvalue weighted by Crippen LogP contribution is -2.21. The van der Waals surface area contributed by atoms with Gasteiger partial charge in [-0.05, 0) is 30.7 Å². The molecular weight excluding hydrogens is 254 g/mol. The van der Waals surface area contributed by atoms with E-state index in [4.69, 9.17) is 0 Å². The van der Waals surface area contributed by atoms with Crippen molar-refractivity contribution in [3.05, 3.63) is 53.3 Å². The molecule has 2 aromatic rings. The lowest BCUT2D eigenvalue weighted by atomic mass is 10.1. The number of benzene rings is 1. The van der Waals surface area contributed by atoms with E-state index >= 15 is 0 Å².